The third kappa shape index (κ3) is 6.40. The quantitative estimate of drug-likeness (QED) is 0.529. The number of nitrogens with zero attached hydrogens (tertiary/aromatic N) is 2. The van der Waals surface area contributed by atoms with Crippen LogP contribution in [-0.2, 0) is 9.59 Å². The van der Waals surface area contributed by atoms with Crippen molar-refractivity contribution in [3.8, 4) is 0 Å². The van der Waals surface area contributed by atoms with Gasteiger partial charge in [-0.2, -0.15) is 0 Å². The summed E-state index contributed by atoms with van der Waals surface area (Å²) in [7, 11) is 0. The molecule has 7 heteroatoms. The predicted octanol–water partition coefficient (Wildman–Crippen LogP) is 3.02. The molecular formula is C20H28ClN3O2S. The molecule has 2 aliphatic rings. The van der Waals surface area contributed by atoms with Gasteiger partial charge in [-0.3, -0.25) is 14.5 Å². The first-order valence-corrected chi connectivity index (χ1v) is 11.1. The normalized spacial score (nSPS) is 19.0. The van der Waals surface area contributed by atoms with Crippen molar-refractivity contribution in [2.75, 3.05) is 31.9 Å². The predicted molar refractivity (Wildman–Crippen MR) is 110 cm³/mol. The number of hydrogen-bond acceptors (Lipinski definition) is 4. The van der Waals surface area contributed by atoms with E-state index < -0.39 is 0 Å². The Labute approximate surface area is 170 Å². The minimum absolute atomic E-state index is 0.112. The van der Waals surface area contributed by atoms with Crippen LogP contribution >= 0.6 is 23.4 Å². The molecular weight excluding hydrogens is 382 g/mol. The number of rotatable bonds is 8. The van der Waals surface area contributed by atoms with E-state index in [4.69, 9.17) is 11.6 Å². The van der Waals surface area contributed by atoms with Gasteiger partial charge in [0.25, 0.3) is 0 Å². The highest BCUT2D eigenvalue weighted by molar-refractivity contribution is 7.99. The zero-order valence-electron chi connectivity index (χ0n) is 15.8. The zero-order chi connectivity index (χ0) is 19.2. The third-order valence-corrected chi connectivity index (χ3v) is 6.49. The topological polar surface area (TPSA) is 52.7 Å². The Bertz CT molecular complexity index is 643. The summed E-state index contributed by atoms with van der Waals surface area (Å²) >= 11 is 7.64. The molecule has 1 N–H and O–H groups in total. The number of piperazine rings is 1. The molecule has 1 unspecified atom stereocenters. The van der Waals surface area contributed by atoms with Crippen molar-refractivity contribution < 1.29 is 9.59 Å². The fourth-order valence-corrected chi connectivity index (χ4v) is 4.16. The van der Waals surface area contributed by atoms with Crippen molar-refractivity contribution in [3.63, 3.8) is 0 Å². The molecule has 1 saturated carbocycles. The lowest BCUT2D eigenvalue weighted by molar-refractivity contribution is -0.134. The van der Waals surface area contributed by atoms with Gasteiger partial charge in [-0.15, -0.1) is 11.8 Å². The number of carbonyl (C=O) groups is 2. The van der Waals surface area contributed by atoms with Crippen molar-refractivity contribution in [1.82, 2.24) is 15.1 Å². The molecule has 0 aromatic heterocycles. The van der Waals surface area contributed by atoms with E-state index in [1.54, 1.807) is 11.8 Å². The Morgan fingerprint density at radius 2 is 1.85 bits per heavy atom. The van der Waals surface area contributed by atoms with Crippen LogP contribution in [0.25, 0.3) is 0 Å². The molecule has 1 aliphatic heterocycles. The smallest absolute Gasteiger partial charge is 0.237 e. The highest BCUT2D eigenvalue weighted by Gasteiger charge is 2.30. The molecule has 1 aromatic carbocycles. The van der Waals surface area contributed by atoms with Crippen molar-refractivity contribution in [1.29, 1.82) is 0 Å². The zero-order valence-corrected chi connectivity index (χ0v) is 17.4. The third-order valence-electron chi connectivity index (χ3n) is 5.14. The van der Waals surface area contributed by atoms with Gasteiger partial charge in [0, 0.05) is 48.6 Å². The number of nitrogens with one attached hydrogen (secondary N) is 1. The molecule has 148 valence electrons. The van der Waals surface area contributed by atoms with E-state index in [0.29, 0.717) is 25.6 Å². The molecule has 1 saturated heterocycles. The van der Waals surface area contributed by atoms with Gasteiger partial charge in [-0.25, -0.2) is 0 Å². The van der Waals surface area contributed by atoms with E-state index in [1.165, 1.54) is 4.90 Å². The van der Waals surface area contributed by atoms with Crippen molar-refractivity contribution >= 4 is 35.2 Å². The molecule has 1 atom stereocenters. The summed E-state index contributed by atoms with van der Waals surface area (Å²) < 4.78 is 0. The second-order valence-corrected chi connectivity index (χ2v) is 8.89. The molecule has 1 aromatic rings. The van der Waals surface area contributed by atoms with Gasteiger partial charge in [0.2, 0.25) is 11.8 Å². The second kappa shape index (κ2) is 9.80. The van der Waals surface area contributed by atoms with Gasteiger partial charge in [-0.05, 0) is 56.2 Å². The Morgan fingerprint density at radius 1 is 1.19 bits per heavy atom. The number of carbonyl (C=O) groups excluding carboxylic acids is 2. The lowest BCUT2D eigenvalue weighted by atomic mass is 10.2. The average molecular weight is 410 g/mol. The van der Waals surface area contributed by atoms with Crippen molar-refractivity contribution in [3.05, 3.63) is 29.3 Å². The van der Waals surface area contributed by atoms with E-state index >= 15 is 0 Å². The van der Waals surface area contributed by atoms with E-state index in [1.807, 2.05) is 36.1 Å². The summed E-state index contributed by atoms with van der Waals surface area (Å²) in [5.41, 5.74) is 0. The fourth-order valence-electron chi connectivity index (χ4n) is 3.18. The molecule has 2 fully saturated rings. The van der Waals surface area contributed by atoms with Gasteiger partial charge in [0.05, 0.1) is 6.04 Å². The van der Waals surface area contributed by atoms with E-state index in [-0.39, 0.29) is 17.9 Å². The Balaban J connectivity index is 1.32. The standard InChI is InChI=1S/C20H28ClN3O2S/c1-15(20(26)22-17-6-7-17)23-10-12-24(13-11-23)19(25)3-2-14-27-18-8-4-16(21)5-9-18/h4-5,8-9,15,17H,2-3,6-7,10-14H2,1H3,(H,22,26). The van der Waals surface area contributed by atoms with Gasteiger partial charge in [-0.1, -0.05) is 11.6 Å². The maximum Gasteiger partial charge on any atom is 0.237 e. The van der Waals surface area contributed by atoms with E-state index in [9.17, 15) is 9.59 Å². The van der Waals surface area contributed by atoms with Gasteiger partial charge in [0.1, 0.15) is 0 Å². The first-order valence-electron chi connectivity index (χ1n) is 9.73. The van der Waals surface area contributed by atoms with Crippen LogP contribution in [0.3, 0.4) is 0 Å². The summed E-state index contributed by atoms with van der Waals surface area (Å²) in [6, 6.07) is 8.08. The Hall–Kier alpha value is -1.24. The van der Waals surface area contributed by atoms with Gasteiger partial charge >= 0.3 is 0 Å². The highest BCUT2D eigenvalue weighted by atomic mass is 35.5. The molecule has 5 nitrogen and oxygen atoms in total. The number of thioether (sulfide) groups is 1. The average Bonchev–Trinajstić information content (AvgIpc) is 3.50. The molecule has 3 rings (SSSR count). The van der Waals surface area contributed by atoms with Crippen LogP contribution in [0.4, 0.5) is 0 Å². The van der Waals surface area contributed by atoms with Crippen LogP contribution in [0.15, 0.2) is 29.2 Å². The fraction of sp³-hybridized carbons (Fsp3) is 0.600. The van der Waals surface area contributed by atoms with Crippen LogP contribution in [0.1, 0.15) is 32.6 Å². The monoisotopic (exact) mass is 409 g/mol. The maximum atomic E-state index is 12.4. The van der Waals surface area contributed by atoms with Crippen LogP contribution in [0, 0.1) is 0 Å². The number of benzene rings is 1. The first-order chi connectivity index (χ1) is 13.0. The lowest BCUT2D eigenvalue weighted by Crippen LogP contribution is -2.55. The van der Waals surface area contributed by atoms with Crippen LogP contribution < -0.4 is 5.32 Å². The molecule has 0 spiro atoms. The summed E-state index contributed by atoms with van der Waals surface area (Å²) in [5, 5.41) is 3.81. The molecule has 0 bridgehead atoms. The minimum Gasteiger partial charge on any atom is -0.352 e. The SMILES string of the molecule is CC(C(=O)NC1CC1)N1CCN(C(=O)CCCSc2ccc(Cl)cc2)CC1. The number of amides is 2. The summed E-state index contributed by atoms with van der Waals surface area (Å²) in [5.74, 6) is 1.27. The maximum absolute atomic E-state index is 12.4. The molecule has 0 radical (unpaired) electrons. The Morgan fingerprint density at radius 3 is 2.48 bits per heavy atom. The highest BCUT2D eigenvalue weighted by Crippen LogP contribution is 2.22. The summed E-state index contributed by atoms with van der Waals surface area (Å²) in [6.45, 7) is 4.92. The molecule has 1 aliphatic carbocycles. The summed E-state index contributed by atoms with van der Waals surface area (Å²) in [4.78, 5) is 29.9. The van der Waals surface area contributed by atoms with E-state index in [0.717, 1.165) is 43.1 Å². The van der Waals surface area contributed by atoms with Crippen molar-refractivity contribution in [2.24, 2.45) is 0 Å². The molecule has 27 heavy (non-hydrogen) atoms. The van der Waals surface area contributed by atoms with E-state index in [2.05, 4.69) is 10.2 Å². The lowest BCUT2D eigenvalue weighted by Gasteiger charge is -2.37. The second-order valence-electron chi connectivity index (χ2n) is 7.28. The Kier molecular flexibility index (Phi) is 7.44. The molecule has 1 heterocycles. The molecule has 2 amide bonds. The van der Waals surface area contributed by atoms with Gasteiger partial charge < -0.3 is 10.2 Å². The summed E-state index contributed by atoms with van der Waals surface area (Å²) in [6.07, 6.45) is 3.67. The largest absolute Gasteiger partial charge is 0.352 e. The number of halogens is 1. The number of hydrogen-bond donors (Lipinski definition) is 1. The minimum atomic E-state index is -0.112. The van der Waals surface area contributed by atoms with Crippen LogP contribution in [0.5, 0.6) is 0 Å². The first kappa shape index (κ1) is 20.5. The van der Waals surface area contributed by atoms with Crippen LogP contribution in [0.2, 0.25) is 5.02 Å². The van der Waals surface area contributed by atoms with Crippen molar-refractivity contribution in [2.45, 2.75) is 49.6 Å². The van der Waals surface area contributed by atoms with Crippen LogP contribution in [-0.4, -0.2) is 65.6 Å². The van der Waals surface area contributed by atoms with Gasteiger partial charge in [0.15, 0.2) is 0 Å².